The van der Waals surface area contributed by atoms with Crippen LogP contribution in [0.3, 0.4) is 0 Å². The Morgan fingerprint density at radius 2 is 1.66 bits per heavy atom. The molecule has 0 aromatic heterocycles. The summed E-state index contributed by atoms with van der Waals surface area (Å²) in [5.41, 5.74) is 6.72. The standard InChI is InChI=1S/C25H26BrNO2/c1-5-28-24-14-21(15-27-22-11-8-18(3)19(4)12-22)13-23(26)25(24)29-16-20-9-6-17(2)7-10-20/h6-15H,5,16H2,1-4H3. The van der Waals surface area contributed by atoms with E-state index in [4.69, 9.17) is 9.47 Å². The molecule has 3 nitrogen and oxygen atoms in total. The first-order valence-electron chi connectivity index (χ1n) is 9.72. The number of hydrogen-bond acceptors (Lipinski definition) is 3. The molecule has 0 atom stereocenters. The van der Waals surface area contributed by atoms with Gasteiger partial charge in [-0.3, -0.25) is 4.99 Å². The normalized spacial score (nSPS) is 11.1. The van der Waals surface area contributed by atoms with Crippen molar-refractivity contribution in [1.82, 2.24) is 0 Å². The molecule has 0 N–H and O–H groups in total. The lowest BCUT2D eigenvalue weighted by Gasteiger charge is -2.15. The Kier molecular flexibility index (Phi) is 7.10. The second kappa shape index (κ2) is 9.75. The molecule has 0 saturated carbocycles. The summed E-state index contributed by atoms with van der Waals surface area (Å²) in [6.45, 7) is 9.28. The zero-order chi connectivity index (χ0) is 20.8. The number of rotatable bonds is 7. The lowest BCUT2D eigenvalue weighted by molar-refractivity contribution is 0.267. The molecule has 3 rings (SSSR count). The third-order valence-electron chi connectivity index (χ3n) is 4.69. The number of halogens is 1. The molecule has 0 radical (unpaired) electrons. The van der Waals surface area contributed by atoms with Gasteiger partial charge in [0.05, 0.1) is 16.8 Å². The van der Waals surface area contributed by atoms with Crippen molar-refractivity contribution in [2.75, 3.05) is 6.61 Å². The first kappa shape index (κ1) is 21.1. The lowest BCUT2D eigenvalue weighted by Crippen LogP contribution is -2.01. The number of benzene rings is 3. The quantitative estimate of drug-likeness (QED) is 0.358. The minimum absolute atomic E-state index is 0.481. The van der Waals surface area contributed by atoms with Crippen LogP contribution >= 0.6 is 15.9 Å². The first-order valence-corrected chi connectivity index (χ1v) is 10.5. The van der Waals surface area contributed by atoms with E-state index in [0.717, 1.165) is 21.3 Å². The molecule has 3 aromatic carbocycles. The third kappa shape index (κ3) is 5.70. The van der Waals surface area contributed by atoms with Crippen LogP contribution in [0.4, 0.5) is 5.69 Å². The summed E-state index contributed by atoms with van der Waals surface area (Å²) in [5.74, 6) is 1.41. The zero-order valence-corrected chi connectivity index (χ0v) is 18.9. The Morgan fingerprint density at radius 1 is 0.897 bits per heavy atom. The second-order valence-corrected chi connectivity index (χ2v) is 7.92. The molecule has 4 heteroatoms. The van der Waals surface area contributed by atoms with Gasteiger partial charge in [0.1, 0.15) is 6.61 Å². The minimum atomic E-state index is 0.481. The Bertz CT molecular complexity index is 1010. The van der Waals surface area contributed by atoms with Gasteiger partial charge in [0.25, 0.3) is 0 Å². The van der Waals surface area contributed by atoms with Gasteiger partial charge in [0.15, 0.2) is 11.5 Å². The summed E-state index contributed by atoms with van der Waals surface area (Å²) in [4.78, 5) is 4.61. The summed E-state index contributed by atoms with van der Waals surface area (Å²) >= 11 is 3.63. The van der Waals surface area contributed by atoms with E-state index in [0.29, 0.717) is 24.7 Å². The number of nitrogens with zero attached hydrogens (tertiary/aromatic N) is 1. The summed E-state index contributed by atoms with van der Waals surface area (Å²) in [6.07, 6.45) is 1.85. The predicted octanol–water partition coefficient (Wildman–Crippen LogP) is 7.10. The van der Waals surface area contributed by atoms with Crippen molar-refractivity contribution in [1.29, 1.82) is 0 Å². The smallest absolute Gasteiger partial charge is 0.175 e. The Morgan fingerprint density at radius 3 is 2.34 bits per heavy atom. The number of aliphatic imine (C=N–C) groups is 1. The van der Waals surface area contributed by atoms with Crippen LogP contribution in [0, 0.1) is 20.8 Å². The van der Waals surface area contributed by atoms with Crippen LogP contribution in [0.15, 0.2) is 64.1 Å². The van der Waals surface area contributed by atoms with E-state index >= 15 is 0 Å². The fourth-order valence-corrected chi connectivity index (χ4v) is 3.43. The van der Waals surface area contributed by atoms with E-state index in [1.807, 2.05) is 31.3 Å². The molecule has 0 aliphatic rings. The van der Waals surface area contributed by atoms with Gasteiger partial charge < -0.3 is 9.47 Å². The molecule has 0 aliphatic heterocycles. The van der Waals surface area contributed by atoms with E-state index in [1.165, 1.54) is 16.7 Å². The molecular formula is C25H26BrNO2. The highest BCUT2D eigenvalue weighted by atomic mass is 79.9. The minimum Gasteiger partial charge on any atom is -0.490 e. The molecule has 29 heavy (non-hydrogen) atoms. The zero-order valence-electron chi connectivity index (χ0n) is 17.3. The maximum absolute atomic E-state index is 6.08. The van der Waals surface area contributed by atoms with Crippen molar-refractivity contribution in [3.05, 3.63) is 86.9 Å². The molecule has 0 spiro atoms. The summed E-state index contributed by atoms with van der Waals surface area (Å²) in [5, 5.41) is 0. The molecule has 3 aromatic rings. The molecule has 0 heterocycles. The van der Waals surface area contributed by atoms with Crippen LogP contribution in [0.2, 0.25) is 0 Å². The summed E-state index contributed by atoms with van der Waals surface area (Å²) in [6, 6.07) is 18.5. The van der Waals surface area contributed by atoms with Crippen LogP contribution in [-0.4, -0.2) is 12.8 Å². The monoisotopic (exact) mass is 451 g/mol. The average Bonchev–Trinajstić information content (AvgIpc) is 2.70. The summed E-state index contributed by atoms with van der Waals surface area (Å²) in [7, 11) is 0. The molecule has 0 saturated heterocycles. The largest absolute Gasteiger partial charge is 0.490 e. The van der Waals surface area contributed by atoms with Crippen molar-refractivity contribution in [3.8, 4) is 11.5 Å². The Labute approximate surface area is 181 Å². The molecule has 0 bridgehead atoms. The predicted molar refractivity (Wildman–Crippen MR) is 124 cm³/mol. The van der Waals surface area contributed by atoms with Gasteiger partial charge in [-0.2, -0.15) is 0 Å². The molecule has 0 amide bonds. The second-order valence-electron chi connectivity index (χ2n) is 7.06. The summed E-state index contributed by atoms with van der Waals surface area (Å²) < 4.78 is 12.8. The van der Waals surface area contributed by atoms with Crippen molar-refractivity contribution < 1.29 is 9.47 Å². The highest BCUT2D eigenvalue weighted by Crippen LogP contribution is 2.37. The molecule has 0 aliphatic carbocycles. The lowest BCUT2D eigenvalue weighted by atomic mass is 10.1. The van der Waals surface area contributed by atoms with Crippen LogP contribution in [0.5, 0.6) is 11.5 Å². The topological polar surface area (TPSA) is 30.8 Å². The van der Waals surface area contributed by atoms with Gasteiger partial charge in [-0.15, -0.1) is 0 Å². The van der Waals surface area contributed by atoms with Crippen molar-refractivity contribution in [3.63, 3.8) is 0 Å². The maximum atomic E-state index is 6.08. The number of aryl methyl sites for hydroxylation is 3. The highest BCUT2D eigenvalue weighted by Gasteiger charge is 2.12. The molecule has 0 fully saturated rings. The van der Waals surface area contributed by atoms with Crippen molar-refractivity contribution in [2.24, 2.45) is 4.99 Å². The van der Waals surface area contributed by atoms with Crippen LogP contribution in [0.25, 0.3) is 0 Å². The Balaban J connectivity index is 1.82. The highest BCUT2D eigenvalue weighted by molar-refractivity contribution is 9.10. The molecule has 150 valence electrons. The van der Waals surface area contributed by atoms with E-state index in [2.05, 4.69) is 78.1 Å². The van der Waals surface area contributed by atoms with Crippen molar-refractivity contribution >= 4 is 27.8 Å². The van der Waals surface area contributed by atoms with E-state index < -0.39 is 0 Å². The van der Waals surface area contributed by atoms with E-state index in [-0.39, 0.29) is 0 Å². The molecular weight excluding hydrogens is 426 g/mol. The van der Waals surface area contributed by atoms with Gasteiger partial charge in [-0.1, -0.05) is 35.9 Å². The van der Waals surface area contributed by atoms with Crippen LogP contribution in [0.1, 0.15) is 34.7 Å². The van der Waals surface area contributed by atoms with Gasteiger partial charge in [-0.25, -0.2) is 0 Å². The van der Waals surface area contributed by atoms with Gasteiger partial charge >= 0.3 is 0 Å². The van der Waals surface area contributed by atoms with Crippen LogP contribution in [-0.2, 0) is 6.61 Å². The van der Waals surface area contributed by atoms with Crippen molar-refractivity contribution in [2.45, 2.75) is 34.3 Å². The Hall–Kier alpha value is -2.59. The molecule has 0 unspecified atom stereocenters. The van der Waals surface area contributed by atoms with Gasteiger partial charge in [0, 0.05) is 6.21 Å². The fraction of sp³-hybridized carbons (Fsp3) is 0.240. The first-order chi connectivity index (χ1) is 14.0. The van der Waals surface area contributed by atoms with Gasteiger partial charge in [0.2, 0.25) is 0 Å². The maximum Gasteiger partial charge on any atom is 0.175 e. The average molecular weight is 452 g/mol. The fourth-order valence-electron chi connectivity index (χ4n) is 2.86. The van der Waals surface area contributed by atoms with Crippen LogP contribution < -0.4 is 9.47 Å². The van der Waals surface area contributed by atoms with E-state index in [1.54, 1.807) is 0 Å². The third-order valence-corrected chi connectivity index (χ3v) is 5.28. The SMILES string of the molecule is CCOc1cc(C=Nc2ccc(C)c(C)c2)cc(Br)c1OCc1ccc(C)cc1. The van der Waals surface area contributed by atoms with Gasteiger partial charge in [-0.05, 0) is 90.1 Å². The number of ether oxygens (including phenoxy) is 2. The van der Waals surface area contributed by atoms with E-state index in [9.17, 15) is 0 Å². The number of hydrogen-bond donors (Lipinski definition) is 0.